The SMILES string of the molecule is FC(F)(F)c1ccc2c(C3=CCN(CCCOc4cccc5[nH]ccc45)CC3)c[nH]c2c1. The minimum Gasteiger partial charge on any atom is -0.493 e. The molecule has 5 rings (SSSR count). The molecule has 7 heteroatoms. The van der Waals surface area contributed by atoms with Crippen LogP contribution in [0.25, 0.3) is 27.4 Å². The summed E-state index contributed by atoms with van der Waals surface area (Å²) in [7, 11) is 0. The number of nitrogens with zero attached hydrogens (tertiary/aromatic N) is 1. The molecule has 0 radical (unpaired) electrons. The summed E-state index contributed by atoms with van der Waals surface area (Å²) in [5.74, 6) is 0.901. The summed E-state index contributed by atoms with van der Waals surface area (Å²) >= 11 is 0. The third kappa shape index (κ3) is 4.12. The highest BCUT2D eigenvalue weighted by Gasteiger charge is 2.30. The van der Waals surface area contributed by atoms with Crippen molar-refractivity contribution in [3.8, 4) is 5.75 Å². The van der Waals surface area contributed by atoms with E-state index < -0.39 is 11.7 Å². The van der Waals surface area contributed by atoms with Gasteiger partial charge < -0.3 is 14.7 Å². The van der Waals surface area contributed by atoms with Crippen LogP contribution in [-0.2, 0) is 6.18 Å². The van der Waals surface area contributed by atoms with E-state index in [9.17, 15) is 13.2 Å². The number of aromatic amines is 2. The highest BCUT2D eigenvalue weighted by Crippen LogP contribution is 2.34. The number of hydrogen-bond acceptors (Lipinski definition) is 2. The lowest BCUT2D eigenvalue weighted by molar-refractivity contribution is -0.137. The van der Waals surface area contributed by atoms with E-state index in [0.717, 1.165) is 66.1 Å². The predicted molar refractivity (Wildman–Crippen MR) is 121 cm³/mol. The number of rotatable bonds is 6. The van der Waals surface area contributed by atoms with E-state index in [2.05, 4.69) is 20.9 Å². The Hall–Kier alpha value is -3.19. The van der Waals surface area contributed by atoms with Crippen molar-refractivity contribution in [3.63, 3.8) is 0 Å². The maximum Gasteiger partial charge on any atom is 0.416 e. The van der Waals surface area contributed by atoms with E-state index in [4.69, 9.17) is 4.74 Å². The number of H-pyrrole nitrogens is 2. The van der Waals surface area contributed by atoms with Gasteiger partial charge in [-0.15, -0.1) is 0 Å². The van der Waals surface area contributed by atoms with Crippen molar-refractivity contribution >= 4 is 27.4 Å². The van der Waals surface area contributed by atoms with Crippen molar-refractivity contribution in [2.75, 3.05) is 26.2 Å². The van der Waals surface area contributed by atoms with Crippen molar-refractivity contribution in [1.82, 2.24) is 14.9 Å². The van der Waals surface area contributed by atoms with Crippen LogP contribution >= 0.6 is 0 Å². The summed E-state index contributed by atoms with van der Waals surface area (Å²) in [5.41, 5.74) is 3.15. The third-order valence-electron chi connectivity index (χ3n) is 6.08. The van der Waals surface area contributed by atoms with Crippen LogP contribution in [0.15, 0.2) is 60.9 Å². The zero-order chi connectivity index (χ0) is 22.1. The maximum atomic E-state index is 13.0. The molecule has 32 heavy (non-hydrogen) atoms. The van der Waals surface area contributed by atoms with Gasteiger partial charge in [-0.05, 0) is 48.7 Å². The molecule has 1 aliphatic rings. The molecule has 166 valence electrons. The molecule has 0 saturated heterocycles. The first kappa shape index (κ1) is 20.7. The van der Waals surface area contributed by atoms with E-state index in [1.165, 1.54) is 11.6 Å². The molecular formula is C25H24F3N3O. The summed E-state index contributed by atoms with van der Waals surface area (Å²) in [6, 6.07) is 11.9. The first-order valence-corrected chi connectivity index (χ1v) is 10.8. The van der Waals surface area contributed by atoms with Gasteiger partial charge in [0, 0.05) is 59.4 Å². The molecule has 1 aliphatic heterocycles. The van der Waals surface area contributed by atoms with Crippen LogP contribution < -0.4 is 4.74 Å². The minimum absolute atomic E-state index is 0.521. The first-order valence-electron chi connectivity index (χ1n) is 10.8. The molecular weight excluding hydrogens is 415 g/mol. The topological polar surface area (TPSA) is 44.0 Å². The Labute approximate surface area is 183 Å². The number of fused-ring (bicyclic) bond motifs is 2. The molecule has 3 heterocycles. The van der Waals surface area contributed by atoms with Crippen molar-refractivity contribution in [2.24, 2.45) is 0 Å². The summed E-state index contributed by atoms with van der Waals surface area (Å²) in [5, 5.41) is 1.93. The lowest BCUT2D eigenvalue weighted by atomic mass is 9.98. The molecule has 2 aromatic carbocycles. The van der Waals surface area contributed by atoms with Gasteiger partial charge in [-0.3, -0.25) is 4.90 Å². The summed E-state index contributed by atoms with van der Waals surface area (Å²) < 4.78 is 44.9. The van der Waals surface area contributed by atoms with Crippen LogP contribution in [0.3, 0.4) is 0 Å². The van der Waals surface area contributed by atoms with E-state index in [1.54, 1.807) is 6.07 Å². The van der Waals surface area contributed by atoms with Gasteiger partial charge in [0.15, 0.2) is 0 Å². The number of ether oxygens (including phenoxy) is 1. The zero-order valence-corrected chi connectivity index (χ0v) is 17.5. The molecule has 0 atom stereocenters. The standard InChI is InChI=1S/C25H24F3N3O/c26-25(27,28)18-5-6-19-21(16-30-23(19)15-18)17-8-12-31(13-9-17)11-2-14-32-24-4-1-3-22-20(24)7-10-29-22/h1,3-8,10,15-16,29-30H,2,9,11-14H2. The average Bonchev–Trinajstić information content (AvgIpc) is 3.43. The zero-order valence-electron chi connectivity index (χ0n) is 17.5. The smallest absolute Gasteiger partial charge is 0.416 e. The van der Waals surface area contributed by atoms with Crippen molar-refractivity contribution in [2.45, 2.75) is 19.0 Å². The highest BCUT2D eigenvalue weighted by molar-refractivity contribution is 5.93. The molecule has 2 aromatic heterocycles. The fourth-order valence-electron chi connectivity index (χ4n) is 4.38. The molecule has 0 saturated carbocycles. The normalized spacial score (nSPS) is 15.4. The summed E-state index contributed by atoms with van der Waals surface area (Å²) in [4.78, 5) is 8.57. The molecule has 2 N–H and O–H groups in total. The number of halogens is 3. The van der Waals surface area contributed by atoms with Gasteiger partial charge in [0.05, 0.1) is 12.2 Å². The average molecular weight is 439 g/mol. The van der Waals surface area contributed by atoms with Gasteiger partial charge in [-0.25, -0.2) is 0 Å². The van der Waals surface area contributed by atoms with Crippen LogP contribution in [0, 0.1) is 0 Å². The van der Waals surface area contributed by atoms with Gasteiger partial charge in [0.2, 0.25) is 0 Å². The van der Waals surface area contributed by atoms with Crippen LogP contribution in [0.1, 0.15) is 24.0 Å². The fraction of sp³-hybridized carbons (Fsp3) is 0.280. The second kappa shape index (κ2) is 8.39. The Kier molecular flexibility index (Phi) is 5.43. The van der Waals surface area contributed by atoms with Gasteiger partial charge in [-0.2, -0.15) is 13.2 Å². The van der Waals surface area contributed by atoms with Crippen LogP contribution in [0.5, 0.6) is 5.75 Å². The van der Waals surface area contributed by atoms with Gasteiger partial charge in [0.25, 0.3) is 0 Å². The summed E-state index contributed by atoms with van der Waals surface area (Å²) in [6.07, 6.45) is 3.39. The quantitative estimate of drug-likeness (QED) is 0.350. The fourth-order valence-corrected chi connectivity index (χ4v) is 4.38. The molecule has 0 unspecified atom stereocenters. The predicted octanol–water partition coefficient (Wildman–Crippen LogP) is 6.23. The maximum absolute atomic E-state index is 13.0. The number of aromatic nitrogens is 2. The van der Waals surface area contributed by atoms with E-state index in [-0.39, 0.29) is 0 Å². The second-order valence-electron chi connectivity index (χ2n) is 8.14. The Bertz CT molecular complexity index is 1270. The Morgan fingerprint density at radius 1 is 1.00 bits per heavy atom. The van der Waals surface area contributed by atoms with E-state index in [1.807, 2.05) is 36.7 Å². The van der Waals surface area contributed by atoms with Crippen molar-refractivity contribution in [3.05, 3.63) is 72.1 Å². The molecule has 0 fully saturated rings. The lowest BCUT2D eigenvalue weighted by Gasteiger charge is -2.26. The monoisotopic (exact) mass is 439 g/mol. The van der Waals surface area contributed by atoms with Crippen LogP contribution in [0.4, 0.5) is 13.2 Å². The Morgan fingerprint density at radius 3 is 2.72 bits per heavy atom. The lowest BCUT2D eigenvalue weighted by Crippen LogP contribution is -2.30. The molecule has 0 spiro atoms. The third-order valence-corrected chi connectivity index (χ3v) is 6.08. The molecule has 0 aliphatic carbocycles. The van der Waals surface area contributed by atoms with Gasteiger partial charge >= 0.3 is 6.18 Å². The molecule has 0 amide bonds. The van der Waals surface area contributed by atoms with Gasteiger partial charge in [-0.1, -0.05) is 18.2 Å². The number of benzene rings is 2. The number of hydrogen-bond donors (Lipinski definition) is 2. The number of nitrogens with one attached hydrogen (secondary N) is 2. The first-order chi connectivity index (χ1) is 15.5. The minimum atomic E-state index is -4.33. The summed E-state index contributed by atoms with van der Waals surface area (Å²) in [6.45, 7) is 3.35. The highest BCUT2D eigenvalue weighted by atomic mass is 19.4. The van der Waals surface area contributed by atoms with Gasteiger partial charge in [0.1, 0.15) is 5.75 Å². The van der Waals surface area contributed by atoms with E-state index in [0.29, 0.717) is 12.1 Å². The van der Waals surface area contributed by atoms with Crippen molar-refractivity contribution < 1.29 is 17.9 Å². The Morgan fingerprint density at radius 2 is 1.91 bits per heavy atom. The second-order valence-corrected chi connectivity index (χ2v) is 8.14. The van der Waals surface area contributed by atoms with Crippen LogP contribution in [0.2, 0.25) is 0 Å². The van der Waals surface area contributed by atoms with Crippen LogP contribution in [-0.4, -0.2) is 41.1 Å². The van der Waals surface area contributed by atoms with E-state index >= 15 is 0 Å². The molecule has 4 aromatic rings. The Balaban J connectivity index is 1.17. The van der Waals surface area contributed by atoms with Crippen molar-refractivity contribution in [1.29, 1.82) is 0 Å². The molecule has 0 bridgehead atoms. The number of alkyl halides is 3. The largest absolute Gasteiger partial charge is 0.493 e. The molecule has 4 nitrogen and oxygen atoms in total.